The molecule has 0 atom stereocenters. The molecule has 2 aromatic heterocycles. The van der Waals surface area contributed by atoms with Gasteiger partial charge in [-0.15, -0.1) is 22.7 Å². The van der Waals surface area contributed by atoms with Gasteiger partial charge in [-0.3, -0.25) is 9.59 Å². The Kier molecular flexibility index (Phi) is 5.50. The van der Waals surface area contributed by atoms with Gasteiger partial charge in [0.1, 0.15) is 5.00 Å². The highest BCUT2D eigenvalue weighted by Gasteiger charge is 2.26. The molecule has 4 rings (SSSR count). The zero-order chi connectivity index (χ0) is 19.7. The Balaban J connectivity index is 1.41. The molecule has 0 aliphatic heterocycles. The molecule has 2 amide bonds. The molecule has 0 radical (unpaired) electrons. The van der Waals surface area contributed by atoms with E-state index in [9.17, 15) is 14.4 Å². The molecular weight excluding hydrogens is 396 g/mol. The second-order valence-electron chi connectivity index (χ2n) is 7.16. The first-order valence-corrected chi connectivity index (χ1v) is 11.2. The molecule has 8 heteroatoms. The van der Waals surface area contributed by atoms with Crippen molar-refractivity contribution in [2.75, 3.05) is 11.9 Å². The summed E-state index contributed by atoms with van der Waals surface area (Å²) >= 11 is 2.98. The van der Waals surface area contributed by atoms with Crippen LogP contribution < -0.4 is 11.1 Å². The minimum Gasteiger partial charge on any atom is -0.452 e. The van der Waals surface area contributed by atoms with Crippen molar-refractivity contribution in [2.45, 2.75) is 51.4 Å². The summed E-state index contributed by atoms with van der Waals surface area (Å²) in [5, 5.41) is 5.01. The number of ether oxygens (including phenoxy) is 1. The van der Waals surface area contributed by atoms with Crippen molar-refractivity contribution in [3.05, 3.63) is 37.4 Å². The van der Waals surface area contributed by atoms with Crippen LogP contribution in [0.3, 0.4) is 0 Å². The predicted octanol–water partition coefficient (Wildman–Crippen LogP) is 3.46. The SMILES string of the molecule is NC(=O)c1c(NC(=O)COC(=O)c2csc3c2CCCC3)sc2c1CCCC2. The zero-order valence-corrected chi connectivity index (χ0v) is 17.1. The van der Waals surface area contributed by atoms with Crippen molar-refractivity contribution >= 4 is 45.5 Å². The van der Waals surface area contributed by atoms with Crippen LogP contribution in [0.2, 0.25) is 0 Å². The highest BCUT2D eigenvalue weighted by atomic mass is 32.1. The Labute approximate surface area is 171 Å². The number of anilines is 1. The lowest BCUT2D eigenvalue weighted by Crippen LogP contribution is -2.23. The number of carbonyl (C=O) groups is 3. The van der Waals surface area contributed by atoms with Crippen molar-refractivity contribution in [1.82, 2.24) is 0 Å². The second kappa shape index (κ2) is 8.05. The van der Waals surface area contributed by atoms with Crippen LogP contribution >= 0.6 is 22.7 Å². The minimum absolute atomic E-state index is 0.385. The van der Waals surface area contributed by atoms with E-state index in [0.717, 1.165) is 67.4 Å². The molecule has 2 aromatic rings. The van der Waals surface area contributed by atoms with E-state index in [1.54, 1.807) is 11.3 Å². The lowest BCUT2D eigenvalue weighted by molar-refractivity contribution is -0.119. The van der Waals surface area contributed by atoms with Crippen LogP contribution in [-0.2, 0) is 35.2 Å². The molecule has 2 aliphatic rings. The van der Waals surface area contributed by atoms with E-state index in [2.05, 4.69) is 5.32 Å². The lowest BCUT2D eigenvalue weighted by atomic mass is 9.95. The number of nitrogens with two attached hydrogens (primary N) is 1. The Morgan fingerprint density at radius 3 is 2.43 bits per heavy atom. The van der Waals surface area contributed by atoms with E-state index in [4.69, 9.17) is 10.5 Å². The fraction of sp³-hybridized carbons (Fsp3) is 0.450. The maximum Gasteiger partial charge on any atom is 0.339 e. The van der Waals surface area contributed by atoms with E-state index in [0.29, 0.717) is 16.1 Å². The molecular formula is C20H22N2O4S2. The fourth-order valence-corrected chi connectivity index (χ4v) is 6.38. The highest BCUT2D eigenvalue weighted by Crippen LogP contribution is 2.38. The van der Waals surface area contributed by atoms with Gasteiger partial charge in [-0.2, -0.15) is 0 Å². The average molecular weight is 419 g/mol. The number of amides is 2. The average Bonchev–Trinajstić information content (AvgIpc) is 3.27. The molecule has 0 aromatic carbocycles. The molecule has 6 nitrogen and oxygen atoms in total. The van der Waals surface area contributed by atoms with E-state index in [1.165, 1.54) is 16.2 Å². The molecule has 2 aliphatic carbocycles. The quantitative estimate of drug-likeness (QED) is 0.727. The number of rotatable bonds is 5. The number of thiophene rings is 2. The molecule has 0 bridgehead atoms. The minimum atomic E-state index is -0.531. The molecule has 3 N–H and O–H groups in total. The Hall–Kier alpha value is -2.19. The third-order valence-corrected chi connectivity index (χ3v) is 7.58. The zero-order valence-electron chi connectivity index (χ0n) is 15.5. The number of aryl methyl sites for hydroxylation is 2. The summed E-state index contributed by atoms with van der Waals surface area (Å²) in [6, 6.07) is 0. The highest BCUT2D eigenvalue weighted by molar-refractivity contribution is 7.17. The van der Waals surface area contributed by atoms with Crippen molar-refractivity contribution < 1.29 is 19.1 Å². The number of primary amides is 1. The van der Waals surface area contributed by atoms with Crippen molar-refractivity contribution in [2.24, 2.45) is 5.73 Å². The topological polar surface area (TPSA) is 98.5 Å². The summed E-state index contributed by atoms with van der Waals surface area (Å²) in [7, 11) is 0. The number of nitrogens with one attached hydrogen (secondary N) is 1. The molecule has 2 heterocycles. The standard InChI is InChI=1S/C20H22N2O4S2/c21-18(24)17-12-6-2-4-8-15(12)28-19(17)22-16(23)9-26-20(25)13-10-27-14-7-3-1-5-11(13)14/h10H,1-9H2,(H2,21,24)(H,22,23). The third-order valence-electron chi connectivity index (χ3n) is 5.29. The molecule has 0 unspecified atom stereocenters. The Morgan fingerprint density at radius 1 is 1.00 bits per heavy atom. The summed E-state index contributed by atoms with van der Waals surface area (Å²) in [6.07, 6.45) is 7.90. The lowest BCUT2D eigenvalue weighted by Gasteiger charge is -2.12. The van der Waals surface area contributed by atoms with Crippen LogP contribution in [0.4, 0.5) is 5.00 Å². The van der Waals surface area contributed by atoms with Crippen molar-refractivity contribution in [3.8, 4) is 0 Å². The van der Waals surface area contributed by atoms with Gasteiger partial charge in [0.2, 0.25) is 0 Å². The normalized spacial score (nSPS) is 15.4. The van der Waals surface area contributed by atoms with Crippen molar-refractivity contribution in [1.29, 1.82) is 0 Å². The predicted molar refractivity (Wildman–Crippen MR) is 109 cm³/mol. The van der Waals surface area contributed by atoms with Gasteiger partial charge in [0.05, 0.1) is 11.1 Å². The third kappa shape index (κ3) is 3.71. The number of hydrogen-bond donors (Lipinski definition) is 2. The van der Waals surface area contributed by atoms with Crippen LogP contribution in [0.1, 0.15) is 67.3 Å². The largest absolute Gasteiger partial charge is 0.452 e. The van der Waals surface area contributed by atoms with Gasteiger partial charge in [-0.1, -0.05) is 0 Å². The first-order chi connectivity index (χ1) is 13.5. The monoisotopic (exact) mass is 418 g/mol. The van der Waals surface area contributed by atoms with E-state index >= 15 is 0 Å². The summed E-state index contributed by atoms with van der Waals surface area (Å²) in [5.41, 5.74) is 8.56. The molecule has 28 heavy (non-hydrogen) atoms. The van der Waals surface area contributed by atoms with Crippen LogP contribution in [0.25, 0.3) is 0 Å². The van der Waals surface area contributed by atoms with Gasteiger partial charge >= 0.3 is 5.97 Å². The van der Waals surface area contributed by atoms with Crippen LogP contribution in [0.15, 0.2) is 5.38 Å². The molecule has 0 fully saturated rings. The summed E-state index contributed by atoms with van der Waals surface area (Å²) < 4.78 is 5.23. The summed E-state index contributed by atoms with van der Waals surface area (Å²) in [5.74, 6) is -1.45. The fourth-order valence-electron chi connectivity index (χ4n) is 3.95. The summed E-state index contributed by atoms with van der Waals surface area (Å²) in [6.45, 7) is -0.385. The maximum absolute atomic E-state index is 12.4. The van der Waals surface area contributed by atoms with Gasteiger partial charge in [0.25, 0.3) is 11.8 Å². The van der Waals surface area contributed by atoms with Gasteiger partial charge in [-0.25, -0.2) is 4.79 Å². The molecule has 148 valence electrons. The number of hydrogen-bond acceptors (Lipinski definition) is 6. The molecule has 0 spiro atoms. The number of esters is 1. The van der Waals surface area contributed by atoms with Gasteiger partial charge in [0.15, 0.2) is 6.61 Å². The summed E-state index contributed by atoms with van der Waals surface area (Å²) in [4.78, 5) is 39.0. The van der Waals surface area contributed by atoms with E-state index in [-0.39, 0.29) is 6.61 Å². The molecule has 0 saturated carbocycles. The maximum atomic E-state index is 12.4. The van der Waals surface area contributed by atoms with Crippen molar-refractivity contribution in [3.63, 3.8) is 0 Å². The van der Waals surface area contributed by atoms with Crippen LogP contribution in [0, 0.1) is 0 Å². The van der Waals surface area contributed by atoms with Gasteiger partial charge in [0, 0.05) is 15.1 Å². The molecule has 0 saturated heterocycles. The van der Waals surface area contributed by atoms with Crippen LogP contribution in [-0.4, -0.2) is 24.4 Å². The Bertz CT molecular complexity index is 944. The smallest absolute Gasteiger partial charge is 0.339 e. The first kappa shape index (κ1) is 19.1. The Morgan fingerprint density at radius 2 is 1.68 bits per heavy atom. The second-order valence-corrected chi connectivity index (χ2v) is 9.23. The van der Waals surface area contributed by atoms with Gasteiger partial charge in [-0.05, 0) is 62.5 Å². The van der Waals surface area contributed by atoms with E-state index < -0.39 is 17.8 Å². The number of fused-ring (bicyclic) bond motifs is 2. The first-order valence-electron chi connectivity index (χ1n) is 9.55. The number of carbonyl (C=O) groups excluding carboxylic acids is 3. The van der Waals surface area contributed by atoms with Crippen LogP contribution in [0.5, 0.6) is 0 Å². The van der Waals surface area contributed by atoms with Gasteiger partial charge < -0.3 is 15.8 Å². The van der Waals surface area contributed by atoms with E-state index in [1.807, 2.05) is 5.38 Å².